The van der Waals surface area contributed by atoms with E-state index >= 15 is 0 Å². The van der Waals surface area contributed by atoms with Gasteiger partial charge in [-0.3, -0.25) is 9.59 Å². The molecule has 0 unspecified atom stereocenters. The average Bonchev–Trinajstić information content (AvgIpc) is 2.71. The van der Waals surface area contributed by atoms with E-state index in [1.54, 1.807) is 24.3 Å². The molecule has 0 fully saturated rings. The number of phenolic OH excluding ortho intramolecular Hbond substituents is 1. The summed E-state index contributed by atoms with van der Waals surface area (Å²) in [6, 6.07) is 9.17. The summed E-state index contributed by atoms with van der Waals surface area (Å²) in [7, 11) is 0.311. The van der Waals surface area contributed by atoms with Gasteiger partial charge in [0, 0.05) is 0 Å². The molecule has 0 aliphatic rings. The number of ether oxygens (including phenoxy) is 3. The minimum absolute atomic E-state index is 0.233. The first-order chi connectivity index (χ1) is 14.6. The van der Waals surface area contributed by atoms with E-state index in [2.05, 4.69) is 0 Å². The third-order valence-corrected chi connectivity index (χ3v) is 3.77. The Morgan fingerprint density at radius 3 is 2.04 bits per heavy atom. The minimum atomic E-state index is -2.72. The highest BCUT2D eigenvalue weighted by atomic mass is 16.5. The lowest BCUT2D eigenvalue weighted by atomic mass is 10.1. The molecule has 28 heavy (non-hydrogen) atoms. The van der Waals surface area contributed by atoms with Crippen molar-refractivity contribution in [3.8, 4) is 23.0 Å². The maximum absolute atomic E-state index is 12.1. The van der Waals surface area contributed by atoms with Crippen LogP contribution in [-0.2, 0) is 9.59 Å². The largest absolute Gasteiger partial charge is 0.504 e. The Bertz CT molecular complexity index is 1010. The van der Waals surface area contributed by atoms with Gasteiger partial charge >= 0.3 is 0 Å². The maximum Gasteiger partial charge on any atom is 0.163 e. The van der Waals surface area contributed by atoms with E-state index in [1.807, 2.05) is 0 Å². The third kappa shape index (κ3) is 5.74. The van der Waals surface area contributed by atoms with Gasteiger partial charge in [0.2, 0.25) is 0 Å². The van der Waals surface area contributed by atoms with Crippen molar-refractivity contribution >= 4 is 23.7 Å². The molecule has 0 aromatic heterocycles. The number of carbonyl (C=O) groups is 2. The van der Waals surface area contributed by atoms with Crippen molar-refractivity contribution in [1.29, 1.82) is 0 Å². The SMILES string of the molecule is [2H]C([2H])([2H])Oc1cc(/C=C/C(=O)CC(=O)/C=C/c2ccc(OC)c(OC)c2)ccc1O. The van der Waals surface area contributed by atoms with Crippen LogP contribution in [0.25, 0.3) is 12.2 Å². The highest BCUT2D eigenvalue weighted by molar-refractivity contribution is 6.10. The molecule has 1 N–H and O–H groups in total. The number of carbonyl (C=O) groups excluding carboxylic acids is 2. The van der Waals surface area contributed by atoms with E-state index < -0.39 is 12.8 Å². The van der Waals surface area contributed by atoms with Gasteiger partial charge in [0.15, 0.2) is 34.6 Å². The van der Waals surface area contributed by atoms with Crippen molar-refractivity contribution < 1.29 is 33.0 Å². The highest BCUT2D eigenvalue weighted by Crippen LogP contribution is 2.28. The Balaban J connectivity index is 1.99. The van der Waals surface area contributed by atoms with Crippen LogP contribution in [0.5, 0.6) is 23.0 Å². The van der Waals surface area contributed by atoms with Crippen LogP contribution in [0.3, 0.4) is 0 Å². The predicted octanol–water partition coefficient (Wildman–Crippen LogP) is 3.67. The molecule has 0 atom stereocenters. The van der Waals surface area contributed by atoms with Gasteiger partial charge in [-0.25, -0.2) is 0 Å². The van der Waals surface area contributed by atoms with Crippen LogP contribution in [0, 0.1) is 0 Å². The summed E-state index contributed by atoms with van der Waals surface area (Å²) in [6.07, 6.45) is 5.14. The number of aromatic hydroxyl groups is 1. The Morgan fingerprint density at radius 1 is 0.893 bits per heavy atom. The summed E-state index contributed by atoms with van der Waals surface area (Å²) < 4.78 is 36.4. The molecule has 0 saturated heterocycles. The normalized spacial score (nSPS) is 13.0. The first-order valence-electron chi connectivity index (χ1n) is 9.77. The van der Waals surface area contributed by atoms with Crippen molar-refractivity contribution in [3.05, 3.63) is 59.7 Å². The number of methoxy groups -OCH3 is 3. The van der Waals surface area contributed by atoms with Crippen molar-refractivity contribution in [2.75, 3.05) is 21.3 Å². The summed E-state index contributed by atoms with van der Waals surface area (Å²) in [4.78, 5) is 24.1. The summed E-state index contributed by atoms with van der Waals surface area (Å²) in [5.74, 6) is -0.312. The predicted molar refractivity (Wildman–Crippen MR) is 107 cm³/mol. The molecule has 6 nitrogen and oxygen atoms in total. The van der Waals surface area contributed by atoms with Gasteiger partial charge in [-0.2, -0.15) is 0 Å². The number of rotatable bonds is 9. The Hall–Kier alpha value is -3.54. The molecule has 0 radical (unpaired) electrons. The lowest BCUT2D eigenvalue weighted by molar-refractivity contribution is -0.121. The molecule has 0 spiro atoms. The molecule has 0 saturated carbocycles. The fraction of sp³-hybridized carbons (Fsp3) is 0.182. The molecular formula is C22H22O6. The Labute approximate surface area is 167 Å². The molecule has 146 valence electrons. The van der Waals surface area contributed by atoms with Gasteiger partial charge in [-0.1, -0.05) is 24.3 Å². The number of hydrogen-bond acceptors (Lipinski definition) is 6. The van der Waals surface area contributed by atoms with Crippen LogP contribution in [0.1, 0.15) is 21.7 Å². The molecule has 0 bridgehead atoms. The first-order valence-corrected chi connectivity index (χ1v) is 8.27. The van der Waals surface area contributed by atoms with E-state index in [9.17, 15) is 14.7 Å². The molecular weight excluding hydrogens is 360 g/mol. The molecule has 0 amide bonds. The van der Waals surface area contributed by atoms with Gasteiger partial charge < -0.3 is 19.3 Å². The molecule has 0 heterocycles. The summed E-state index contributed by atoms with van der Waals surface area (Å²) in [5.41, 5.74) is 1.14. The van der Waals surface area contributed by atoms with E-state index in [1.165, 1.54) is 50.6 Å². The molecule has 2 aromatic carbocycles. The van der Waals surface area contributed by atoms with Crippen molar-refractivity contribution in [2.45, 2.75) is 6.42 Å². The lowest BCUT2D eigenvalue weighted by Gasteiger charge is -2.07. The van der Waals surface area contributed by atoms with Gasteiger partial charge in [-0.05, 0) is 47.5 Å². The summed E-state index contributed by atoms with van der Waals surface area (Å²) in [5, 5.41) is 9.68. The van der Waals surface area contributed by atoms with E-state index in [0.29, 0.717) is 22.6 Å². The van der Waals surface area contributed by atoms with Crippen LogP contribution in [0.2, 0.25) is 0 Å². The minimum Gasteiger partial charge on any atom is -0.504 e. The molecule has 2 rings (SSSR count). The standard InChI is InChI=1S/C22H22O6/c1-26-20-11-7-16(13-22(20)28-3)5-9-18(24)14-17(23)8-4-15-6-10-19(25)21(12-15)27-2/h4-13,25H,14H2,1-3H3/b8-4+,9-5+/i2D3. The quantitative estimate of drug-likeness (QED) is 0.524. The average molecular weight is 385 g/mol. The zero-order chi connectivity index (χ0) is 23.0. The fourth-order valence-electron chi connectivity index (χ4n) is 2.34. The number of phenols is 1. The van der Waals surface area contributed by atoms with Gasteiger partial charge in [0.1, 0.15) is 0 Å². The zero-order valence-electron chi connectivity index (χ0n) is 18.5. The second-order valence-electron chi connectivity index (χ2n) is 5.72. The second kappa shape index (κ2) is 9.97. The van der Waals surface area contributed by atoms with E-state index in [-0.39, 0.29) is 23.7 Å². The molecule has 0 aliphatic carbocycles. The van der Waals surface area contributed by atoms with Gasteiger partial charge in [0.25, 0.3) is 0 Å². The summed E-state index contributed by atoms with van der Waals surface area (Å²) >= 11 is 0. The number of hydrogen-bond donors (Lipinski definition) is 1. The lowest BCUT2D eigenvalue weighted by Crippen LogP contribution is -2.01. The molecule has 6 heteroatoms. The Morgan fingerprint density at radius 2 is 1.46 bits per heavy atom. The van der Waals surface area contributed by atoms with Crippen LogP contribution in [-0.4, -0.2) is 37.9 Å². The monoisotopic (exact) mass is 385 g/mol. The van der Waals surface area contributed by atoms with Crippen LogP contribution < -0.4 is 14.2 Å². The fourth-order valence-corrected chi connectivity index (χ4v) is 2.34. The Kier molecular flexibility index (Phi) is 5.92. The van der Waals surface area contributed by atoms with Crippen molar-refractivity contribution in [2.24, 2.45) is 0 Å². The number of ketones is 2. The van der Waals surface area contributed by atoms with Gasteiger partial charge in [-0.15, -0.1) is 0 Å². The van der Waals surface area contributed by atoms with Gasteiger partial charge in [0.05, 0.1) is 31.8 Å². The van der Waals surface area contributed by atoms with Crippen LogP contribution >= 0.6 is 0 Å². The number of benzene rings is 2. The summed E-state index contributed by atoms with van der Waals surface area (Å²) in [6.45, 7) is 0. The highest BCUT2D eigenvalue weighted by Gasteiger charge is 2.06. The van der Waals surface area contributed by atoms with E-state index in [0.717, 1.165) is 0 Å². The van der Waals surface area contributed by atoms with E-state index in [4.69, 9.17) is 18.3 Å². The topological polar surface area (TPSA) is 82.1 Å². The first kappa shape index (κ1) is 16.6. The maximum atomic E-state index is 12.1. The van der Waals surface area contributed by atoms with Crippen LogP contribution in [0.4, 0.5) is 0 Å². The smallest absolute Gasteiger partial charge is 0.163 e. The second-order valence-corrected chi connectivity index (χ2v) is 5.72. The molecule has 2 aromatic rings. The zero-order valence-corrected chi connectivity index (χ0v) is 15.5. The number of allylic oxidation sites excluding steroid dienone is 2. The molecule has 0 aliphatic heterocycles. The third-order valence-electron chi connectivity index (χ3n) is 3.77. The van der Waals surface area contributed by atoms with Crippen molar-refractivity contribution in [1.82, 2.24) is 0 Å². The van der Waals surface area contributed by atoms with Crippen LogP contribution in [0.15, 0.2) is 48.6 Å². The van der Waals surface area contributed by atoms with Crippen molar-refractivity contribution in [3.63, 3.8) is 0 Å².